The van der Waals surface area contributed by atoms with Gasteiger partial charge in [0.1, 0.15) is 11.4 Å². The maximum absolute atomic E-state index is 12.1. The maximum Gasteiger partial charge on any atom is 0.233 e. The van der Waals surface area contributed by atoms with E-state index in [1.807, 2.05) is 24.3 Å². The van der Waals surface area contributed by atoms with Crippen LogP contribution in [0.1, 0.15) is 6.42 Å². The van der Waals surface area contributed by atoms with Crippen molar-refractivity contribution in [2.75, 3.05) is 20.4 Å². The predicted molar refractivity (Wildman–Crippen MR) is 85.5 cm³/mol. The Morgan fingerprint density at radius 3 is 2.77 bits per heavy atom. The van der Waals surface area contributed by atoms with Crippen LogP contribution in [0.25, 0.3) is 20.7 Å². The summed E-state index contributed by atoms with van der Waals surface area (Å²) in [7, 11) is 1.56. The van der Waals surface area contributed by atoms with Gasteiger partial charge in [0.2, 0.25) is 5.88 Å². The highest BCUT2D eigenvalue weighted by molar-refractivity contribution is 7.22. The van der Waals surface area contributed by atoms with Gasteiger partial charge in [0.15, 0.2) is 0 Å². The van der Waals surface area contributed by atoms with Gasteiger partial charge in [-0.3, -0.25) is 4.39 Å². The van der Waals surface area contributed by atoms with E-state index in [1.165, 1.54) is 0 Å². The van der Waals surface area contributed by atoms with Crippen molar-refractivity contribution in [3.05, 3.63) is 36.4 Å². The molecule has 0 atom stereocenters. The Morgan fingerprint density at radius 2 is 2.05 bits per heavy atom. The normalized spacial score (nSPS) is 10.8. The molecule has 0 aliphatic carbocycles. The van der Waals surface area contributed by atoms with E-state index in [4.69, 9.17) is 9.47 Å². The minimum Gasteiger partial charge on any atom is -0.493 e. The Hall–Kier alpha value is -2.21. The van der Waals surface area contributed by atoms with E-state index in [1.54, 1.807) is 24.5 Å². The fraction of sp³-hybridized carbons (Fsp3) is 0.250. The lowest BCUT2D eigenvalue weighted by Gasteiger charge is -2.03. The van der Waals surface area contributed by atoms with Crippen LogP contribution in [0.5, 0.6) is 11.6 Å². The van der Waals surface area contributed by atoms with Gasteiger partial charge >= 0.3 is 0 Å². The quantitative estimate of drug-likeness (QED) is 0.642. The Labute approximate surface area is 131 Å². The van der Waals surface area contributed by atoms with Gasteiger partial charge in [0.25, 0.3) is 0 Å². The Kier molecular flexibility index (Phi) is 4.48. The first-order valence-electron chi connectivity index (χ1n) is 6.90. The number of nitrogens with zero attached hydrogens (tertiary/aromatic N) is 2. The van der Waals surface area contributed by atoms with Crippen molar-refractivity contribution in [3.8, 4) is 22.2 Å². The molecule has 0 saturated heterocycles. The number of rotatable bonds is 6. The van der Waals surface area contributed by atoms with Crippen LogP contribution in [0.2, 0.25) is 0 Å². The molecule has 0 amide bonds. The molecular weight excluding hydrogens is 303 g/mol. The average molecular weight is 318 g/mol. The first kappa shape index (κ1) is 14.7. The topological polar surface area (TPSA) is 44.2 Å². The fourth-order valence-electron chi connectivity index (χ4n) is 2.03. The maximum atomic E-state index is 12.1. The van der Waals surface area contributed by atoms with Crippen molar-refractivity contribution in [3.63, 3.8) is 0 Å². The Morgan fingerprint density at radius 1 is 1.14 bits per heavy atom. The lowest BCUT2D eigenvalue weighted by Crippen LogP contribution is -1.97. The number of hydrogen-bond acceptors (Lipinski definition) is 5. The SMILES string of the molecule is COc1ccc(-c2cc3ccc(OCCCF)cc3s2)nn1. The molecule has 0 bridgehead atoms. The molecule has 0 N–H and O–H groups in total. The van der Waals surface area contributed by atoms with Crippen LogP contribution in [-0.2, 0) is 0 Å². The van der Waals surface area contributed by atoms with Gasteiger partial charge < -0.3 is 9.47 Å². The first-order chi connectivity index (χ1) is 10.8. The van der Waals surface area contributed by atoms with Gasteiger partial charge in [0, 0.05) is 17.2 Å². The Bertz CT molecular complexity index is 758. The van der Waals surface area contributed by atoms with Crippen LogP contribution in [0.4, 0.5) is 4.39 Å². The third-order valence-electron chi connectivity index (χ3n) is 3.14. The number of halogens is 1. The summed E-state index contributed by atoms with van der Waals surface area (Å²) >= 11 is 1.62. The van der Waals surface area contributed by atoms with Crippen molar-refractivity contribution in [1.82, 2.24) is 10.2 Å². The summed E-state index contributed by atoms with van der Waals surface area (Å²) < 4.78 is 23.7. The molecule has 3 rings (SSSR count). The molecule has 22 heavy (non-hydrogen) atoms. The fourth-order valence-corrected chi connectivity index (χ4v) is 3.09. The molecule has 2 aromatic heterocycles. The zero-order chi connectivity index (χ0) is 15.4. The molecule has 0 aliphatic rings. The van der Waals surface area contributed by atoms with Crippen molar-refractivity contribution >= 4 is 21.4 Å². The van der Waals surface area contributed by atoms with Gasteiger partial charge in [-0.15, -0.1) is 21.5 Å². The lowest BCUT2D eigenvalue weighted by atomic mass is 10.2. The zero-order valence-electron chi connectivity index (χ0n) is 12.1. The predicted octanol–water partition coefficient (Wildman–Crippen LogP) is 4.11. The van der Waals surface area contributed by atoms with Crippen LogP contribution >= 0.6 is 11.3 Å². The molecule has 3 aromatic rings. The number of hydrogen-bond donors (Lipinski definition) is 0. The molecule has 0 radical (unpaired) electrons. The number of alkyl halides is 1. The Balaban J connectivity index is 1.85. The molecule has 6 heteroatoms. The summed E-state index contributed by atoms with van der Waals surface area (Å²) in [6.45, 7) is 0.0335. The molecule has 0 spiro atoms. The molecule has 2 heterocycles. The van der Waals surface area contributed by atoms with Gasteiger partial charge in [-0.1, -0.05) is 0 Å². The molecule has 0 fully saturated rings. The molecular formula is C16H15FN2O2S. The summed E-state index contributed by atoms with van der Waals surface area (Å²) in [6, 6.07) is 11.6. The summed E-state index contributed by atoms with van der Waals surface area (Å²) in [6.07, 6.45) is 0.412. The van der Waals surface area contributed by atoms with E-state index in [-0.39, 0.29) is 6.67 Å². The number of thiophene rings is 1. The number of aromatic nitrogens is 2. The smallest absolute Gasteiger partial charge is 0.233 e. The average Bonchev–Trinajstić information content (AvgIpc) is 2.98. The van der Waals surface area contributed by atoms with Crippen molar-refractivity contribution in [2.45, 2.75) is 6.42 Å². The van der Waals surface area contributed by atoms with E-state index in [2.05, 4.69) is 16.3 Å². The number of benzene rings is 1. The minimum atomic E-state index is -0.360. The van der Waals surface area contributed by atoms with Crippen molar-refractivity contribution in [1.29, 1.82) is 0 Å². The second kappa shape index (κ2) is 6.70. The number of ether oxygens (including phenoxy) is 2. The van der Waals surface area contributed by atoms with Gasteiger partial charge in [-0.25, -0.2) is 0 Å². The highest BCUT2D eigenvalue weighted by Crippen LogP contribution is 2.34. The van der Waals surface area contributed by atoms with E-state index in [0.717, 1.165) is 26.4 Å². The third kappa shape index (κ3) is 3.17. The second-order valence-electron chi connectivity index (χ2n) is 4.66. The molecule has 114 valence electrons. The highest BCUT2D eigenvalue weighted by Gasteiger charge is 2.08. The largest absolute Gasteiger partial charge is 0.493 e. The first-order valence-corrected chi connectivity index (χ1v) is 7.72. The van der Waals surface area contributed by atoms with E-state index >= 15 is 0 Å². The van der Waals surface area contributed by atoms with Crippen LogP contribution < -0.4 is 9.47 Å². The molecule has 0 saturated carbocycles. The molecule has 0 aliphatic heterocycles. The van der Waals surface area contributed by atoms with E-state index in [0.29, 0.717) is 18.9 Å². The summed E-state index contributed by atoms with van der Waals surface area (Å²) in [5.74, 6) is 1.25. The van der Waals surface area contributed by atoms with Crippen LogP contribution in [-0.4, -0.2) is 30.6 Å². The van der Waals surface area contributed by atoms with Gasteiger partial charge in [-0.05, 0) is 35.7 Å². The third-order valence-corrected chi connectivity index (χ3v) is 4.26. The minimum absolute atomic E-state index is 0.360. The van der Waals surface area contributed by atoms with Crippen LogP contribution in [0.15, 0.2) is 36.4 Å². The summed E-state index contributed by atoms with van der Waals surface area (Å²) in [5.41, 5.74) is 0.807. The molecule has 4 nitrogen and oxygen atoms in total. The number of methoxy groups -OCH3 is 1. The lowest BCUT2D eigenvalue weighted by molar-refractivity contribution is 0.290. The van der Waals surface area contributed by atoms with Crippen LogP contribution in [0, 0.1) is 0 Å². The van der Waals surface area contributed by atoms with Crippen molar-refractivity contribution in [2.24, 2.45) is 0 Å². The van der Waals surface area contributed by atoms with Crippen LogP contribution in [0.3, 0.4) is 0 Å². The molecule has 1 aromatic carbocycles. The molecule has 0 unspecified atom stereocenters. The van der Waals surface area contributed by atoms with E-state index < -0.39 is 0 Å². The number of fused-ring (bicyclic) bond motifs is 1. The van der Waals surface area contributed by atoms with Crippen molar-refractivity contribution < 1.29 is 13.9 Å². The standard InChI is InChI=1S/C16H15FN2O2S/c1-20-16-6-5-13(18-19-16)15-9-11-3-4-12(10-14(11)22-15)21-8-2-7-17/h3-6,9-10H,2,7-8H2,1H3. The van der Waals surface area contributed by atoms with Gasteiger partial charge in [-0.2, -0.15) is 0 Å². The zero-order valence-corrected chi connectivity index (χ0v) is 12.9. The van der Waals surface area contributed by atoms with E-state index in [9.17, 15) is 4.39 Å². The van der Waals surface area contributed by atoms with Gasteiger partial charge in [0.05, 0.1) is 25.3 Å². The monoisotopic (exact) mass is 318 g/mol. The highest BCUT2D eigenvalue weighted by atomic mass is 32.1. The summed E-state index contributed by atoms with van der Waals surface area (Å²) in [5, 5.41) is 9.27. The summed E-state index contributed by atoms with van der Waals surface area (Å²) in [4.78, 5) is 1.03. The second-order valence-corrected chi connectivity index (χ2v) is 5.75.